The molecule has 2 N–H and O–H groups in total. The van der Waals surface area contributed by atoms with Crippen LogP contribution in [-0.4, -0.2) is 44.3 Å². The van der Waals surface area contributed by atoms with Crippen LogP contribution in [0.2, 0.25) is 10.4 Å². The van der Waals surface area contributed by atoms with Crippen LogP contribution in [0.3, 0.4) is 0 Å². The predicted octanol–water partition coefficient (Wildman–Crippen LogP) is 3.64. The number of amides is 1. The van der Waals surface area contributed by atoms with Gasteiger partial charge in [0.05, 0.1) is 12.6 Å². The average molecular weight is 439 g/mol. The molecule has 2 aromatic rings. The molecular formula is C19H24Cl2N6O2. The number of aromatic nitrogens is 4. The summed E-state index contributed by atoms with van der Waals surface area (Å²) in [5, 5.41) is 0.243. The van der Waals surface area contributed by atoms with E-state index >= 15 is 0 Å². The van der Waals surface area contributed by atoms with Crippen molar-refractivity contribution in [3.05, 3.63) is 10.4 Å². The number of halogens is 2. The molecule has 2 atom stereocenters. The number of anilines is 1. The quantitative estimate of drug-likeness (QED) is 0.446. The van der Waals surface area contributed by atoms with Gasteiger partial charge in [0.25, 0.3) is 0 Å². The van der Waals surface area contributed by atoms with Gasteiger partial charge in [-0.15, -0.1) is 5.92 Å². The lowest BCUT2D eigenvalue weighted by Gasteiger charge is -2.47. The Hall–Kier alpha value is -2.24. The summed E-state index contributed by atoms with van der Waals surface area (Å²) in [4.78, 5) is 26.6. The minimum atomic E-state index is -0.780. The van der Waals surface area contributed by atoms with Crippen molar-refractivity contribution in [1.82, 2.24) is 19.5 Å². The van der Waals surface area contributed by atoms with Crippen LogP contribution < -0.4 is 10.6 Å². The van der Waals surface area contributed by atoms with Gasteiger partial charge < -0.3 is 15.4 Å². The monoisotopic (exact) mass is 438 g/mol. The molecule has 3 heterocycles. The Bertz CT molecular complexity index is 988. The molecule has 29 heavy (non-hydrogen) atoms. The van der Waals surface area contributed by atoms with Crippen molar-refractivity contribution in [2.75, 3.05) is 11.4 Å². The number of primary amides is 1. The van der Waals surface area contributed by atoms with Crippen LogP contribution >= 0.6 is 23.2 Å². The van der Waals surface area contributed by atoms with Crippen LogP contribution in [0.4, 0.5) is 10.7 Å². The van der Waals surface area contributed by atoms with E-state index in [0.29, 0.717) is 23.7 Å². The number of imidazole rings is 1. The highest BCUT2D eigenvalue weighted by atomic mass is 35.5. The van der Waals surface area contributed by atoms with Crippen molar-refractivity contribution >= 4 is 46.4 Å². The van der Waals surface area contributed by atoms with E-state index < -0.39 is 6.09 Å². The Morgan fingerprint density at radius 2 is 2.03 bits per heavy atom. The Morgan fingerprint density at radius 3 is 2.66 bits per heavy atom. The minimum absolute atomic E-state index is 0.0289. The molecule has 1 amide bonds. The number of piperidine rings is 1. The van der Waals surface area contributed by atoms with Crippen molar-refractivity contribution in [1.29, 1.82) is 0 Å². The molecule has 10 heteroatoms. The number of hydrogen-bond donors (Lipinski definition) is 1. The molecule has 2 aromatic heterocycles. The fourth-order valence-corrected chi connectivity index (χ4v) is 4.44. The zero-order valence-electron chi connectivity index (χ0n) is 16.9. The molecule has 0 aliphatic carbocycles. The number of rotatable bonds is 3. The number of hydrogen-bond acceptors (Lipinski definition) is 6. The summed E-state index contributed by atoms with van der Waals surface area (Å²) in [5.74, 6) is 6.59. The van der Waals surface area contributed by atoms with E-state index in [4.69, 9.17) is 38.7 Å². The van der Waals surface area contributed by atoms with Gasteiger partial charge in [-0.25, -0.2) is 9.78 Å². The Balaban J connectivity index is 2.19. The molecule has 1 fully saturated rings. The van der Waals surface area contributed by atoms with E-state index in [1.54, 1.807) is 6.92 Å². The van der Waals surface area contributed by atoms with E-state index in [9.17, 15) is 4.79 Å². The first-order chi connectivity index (χ1) is 13.6. The fraction of sp³-hybridized carbons (Fsp3) is 0.579. The van der Waals surface area contributed by atoms with Crippen molar-refractivity contribution < 1.29 is 9.53 Å². The largest absolute Gasteiger partial charge is 0.444 e. The standard InChI is InChI=1S/C19H24Cl2N6O2/c1-5-6-9-26-12-14(20)23-16(21)24-15(12)25-18(26)27-10-7-8-11(29-17(22)28)13(27)19(2,3)4/h11,13H,7-10H2,1-4H3,(H2,22,28). The molecule has 1 aliphatic heterocycles. The number of ether oxygens (including phenoxy) is 1. The first-order valence-corrected chi connectivity index (χ1v) is 10.1. The third-order valence-electron chi connectivity index (χ3n) is 4.91. The SMILES string of the molecule is CC#CCn1c(N2CCCC(OC(N)=O)C2C(C)(C)C)nc2nc(Cl)nc(Cl)c21. The molecule has 8 nitrogen and oxygen atoms in total. The van der Waals surface area contributed by atoms with Gasteiger partial charge in [-0.05, 0) is 36.8 Å². The summed E-state index contributed by atoms with van der Waals surface area (Å²) in [6.45, 7) is 9.13. The normalized spacial score (nSPS) is 19.7. The van der Waals surface area contributed by atoms with Crippen LogP contribution in [0.5, 0.6) is 0 Å². The second kappa shape index (κ2) is 8.25. The third-order valence-corrected chi connectivity index (χ3v) is 5.35. The van der Waals surface area contributed by atoms with Crippen LogP contribution in [0.1, 0.15) is 40.5 Å². The van der Waals surface area contributed by atoms with Crippen molar-refractivity contribution in [2.24, 2.45) is 11.1 Å². The first kappa shape index (κ1) is 21.5. The second-order valence-corrected chi connectivity index (χ2v) is 8.70. The van der Waals surface area contributed by atoms with E-state index in [1.165, 1.54) is 0 Å². The summed E-state index contributed by atoms with van der Waals surface area (Å²) in [6.07, 6.45) is 0.393. The first-order valence-electron chi connectivity index (χ1n) is 9.35. The zero-order valence-corrected chi connectivity index (χ0v) is 18.4. The highest BCUT2D eigenvalue weighted by molar-refractivity contribution is 6.35. The van der Waals surface area contributed by atoms with E-state index in [-0.39, 0.29) is 28.0 Å². The number of carbonyl (C=O) groups excluding carboxylic acids is 1. The number of nitrogens with two attached hydrogens (primary N) is 1. The van der Waals surface area contributed by atoms with Crippen molar-refractivity contribution in [3.63, 3.8) is 0 Å². The van der Waals surface area contributed by atoms with Gasteiger partial charge in [-0.2, -0.15) is 9.97 Å². The molecule has 3 rings (SSSR count). The van der Waals surface area contributed by atoms with Gasteiger partial charge in [-0.3, -0.25) is 4.57 Å². The summed E-state index contributed by atoms with van der Waals surface area (Å²) in [5.41, 5.74) is 6.07. The maximum absolute atomic E-state index is 11.5. The third kappa shape index (κ3) is 4.36. The van der Waals surface area contributed by atoms with Crippen LogP contribution in [0.25, 0.3) is 11.2 Å². The minimum Gasteiger partial charge on any atom is -0.444 e. The maximum atomic E-state index is 11.5. The topological polar surface area (TPSA) is 99.2 Å². The Morgan fingerprint density at radius 1 is 1.31 bits per heavy atom. The fourth-order valence-electron chi connectivity index (χ4n) is 3.97. The molecule has 0 aromatic carbocycles. The molecule has 0 bridgehead atoms. The Labute approximate surface area is 179 Å². The van der Waals surface area contributed by atoms with Gasteiger partial charge in [0.2, 0.25) is 11.2 Å². The lowest BCUT2D eigenvalue weighted by molar-refractivity contribution is 0.0394. The summed E-state index contributed by atoms with van der Waals surface area (Å²) in [7, 11) is 0. The highest BCUT2D eigenvalue weighted by Crippen LogP contribution is 2.38. The lowest BCUT2D eigenvalue weighted by atomic mass is 9.79. The van der Waals surface area contributed by atoms with Crippen LogP contribution in [-0.2, 0) is 11.3 Å². The zero-order chi connectivity index (χ0) is 21.3. The Kier molecular flexibility index (Phi) is 6.11. The van der Waals surface area contributed by atoms with Gasteiger partial charge >= 0.3 is 6.09 Å². The van der Waals surface area contributed by atoms with Crippen molar-refractivity contribution in [2.45, 2.75) is 59.2 Å². The summed E-state index contributed by atoms with van der Waals surface area (Å²) in [6, 6.07) is -0.156. The molecule has 1 saturated heterocycles. The van der Waals surface area contributed by atoms with Gasteiger partial charge in [0.15, 0.2) is 10.8 Å². The molecular weight excluding hydrogens is 415 g/mol. The number of carbonyl (C=O) groups is 1. The molecule has 0 saturated carbocycles. The second-order valence-electron chi connectivity index (χ2n) is 8.00. The predicted molar refractivity (Wildman–Crippen MR) is 113 cm³/mol. The smallest absolute Gasteiger partial charge is 0.404 e. The number of nitrogens with zero attached hydrogens (tertiary/aromatic N) is 5. The maximum Gasteiger partial charge on any atom is 0.404 e. The van der Waals surface area contributed by atoms with Crippen LogP contribution in [0, 0.1) is 17.3 Å². The number of fused-ring (bicyclic) bond motifs is 1. The van der Waals surface area contributed by atoms with Gasteiger partial charge in [0, 0.05) is 6.54 Å². The highest BCUT2D eigenvalue weighted by Gasteiger charge is 2.43. The van der Waals surface area contributed by atoms with E-state index in [1.807, 2.05) is 4.57 Å². The van der Waals surface area contributed by atoms with Gasteiger partial charge in [-0.1, -0.05) is 38.3 Å². The lowest BCUT2D eigenvalue weighted by Crippen LogP contribution is -2.57. The average Bonchev–Trinajstić information content (AvgIpc) is 2.96. The van der Waals surface area contributed by atoms with Gasteiger partial charge in [0.1, 0.15) is 11.6 Å². The van der Waals surface area contributed by atoms with Crippen LogP contribution in [0.15, 0.2) is 0 Å². The molecule has 2 unspecified atom stereocenters. The van der Waals surface area contributed by atoms with E-state index in [0.717, 1.165) is 19.4 Å². The molecule has 1 aliphatic rings. The molecule has 156 valence electrons. The van der Waals surface area contributed by atoms with Crippen molar-refractivity contribution in [3.8, 4) is 11.8 Å². The summed E-state index contributed by atoms with van der Waals surface area (Å²) < 4.78 is 7.36. The molecule has 0 spiro atoms. The molecule has 0 radical (unpaired) electrons. The van der Waals surface area contributed by atoms with E-state index in [2.05, 4.69) is 47.5 Å². The summed E-state index contributed by atoms with van der Waals surface area (Å²) >= 11 is 12.4.